The fourth-order valence-corrected chi connectivity index (χ4v) is 1.58. The van der Waals surface area contributed by atoms with Gasteiger partial charge < -0.3 is 15.5 Å². The number of terminal acetylenes is 1. The highest BCUT2D eigenvalue weighted by Crippen LogP contribution is 2.21. The lowest BCUT2D eigenvalue weighted by Crippen LogP contribution is -2.31. The molecule has 1 atom stereocenters. The predicted molar refractivity (Wildman–Crippen MR) is 59.4 cm³/mol. The van der Waals surface area contributed by atoms with Crippen molar-refractivity contribution in [1.29, 1.82) is 0 Å². The second-order valence-corrected chi connectivity index (χ2v) is 4.14. The van der Waals surface area contributed by atoms with Gasteiger partial charge in [-0.05, 0) is 6.92 Å². The van der Waals surface area contributed by atoms with E-state index in [4.69, 9.17) is 16.6 Å². The molecule has 86 valence electrons. The molecule has 0 aromatic carbocycles. The number of nitrogens with two attached hydrogens (primary N) is 1. The van der Waals surface area contributed by atoms with Gasteiger partial charge in [-0.1, -0.05) is 17.7 Å². The lowest BCUT2D eigenvalue weighted by Gasteiger charge is -2.06. The molecular weight excluding hydrogens is 228 g/mol. The van der Waals surface area contributed by atoms with E-state index in [0.717, 1.165) is 11.8 Å². The van der Waals surface area contributed by atoms with Crippen LogP contribution in [0.1, 0.15) is 12.8 Å². The third kappa shape index (κ3) is 3.56. The van der Waals surface area contributed by atoms with E-state index in [1.165, 1.54) is 0 Å². The Morgan fingerprint density at radius 1 is 1.75 bits per heavy atom. The highest BCUT2D eigenvalue weighted by atomic mass is 32.2. The Balaban J connectivity index is 2.47. The fraction of sp³-hybridized carbons (Fsp3) is 0.444. The summed E-state index contributed by atoms with van der Waals surface area (Å²) in [6.07, 6.45) is 5.02. The Kier molecular flexibility index (Phi) is 4.82. The lowest BCUT2D eigenvalue weighted by molar-refractivity contribution is -0.120. The molecule has 3 N–H and O–H groups in total. The first kappa shape index (κ1) is 12.5. The standard InChI is InChI=1S/C9H12N4O2S/c1-3-4-11-8(14)6(2)16-9-13-12-7(5-10)15-9/h1,6H,4-5,10H2,2H3,(H,11,14). The molecule has 0 saturated heterocycles. The van der Waals surface area contributed by atoms with Crippen molar-refractivity contribution in [3.8, 4) is 12.3 Å². The van der Waals surface area contributed by atoms with Gasteiger partial charge in [0.1, 0.15) is 0 Å². The summed E-state index contributed by atoms with van der Waals surface area (Å²) in [4.78, 5) is 11.4. The zero-order chi connectivity index (χ0) is 12.0. The van der Waals surface area contributed by atoms with Crippen LogP contribution < -0.4 is 11.1 Å². The zero-order valence-corrected chi connectivity index (χ0v) is 9.58. The fourth-order valence-electron chi connectivity index (χ4n) is 0.855. The Bertz CT molecular complexity index is 398. The largest absolute Gasteiger partial charge is 0.415 e. The maximum Gasteiger partial charge on any atom is 0.277 e. The highest BCUT2D eigenvalue weighted by Gasteiger charge is 2.17. The molecule has 0 radical (unpaired) electrons. The van der Waals surface area contributed by atoms with Crippen LogP contribution in [0.25, 0.3) is 0 Å². The smallest absolute Gasteiger partial charge is 0.277 e. The number of amides is 1. The van der Waals surface area contributed by atoms with Crippen LogP contribution in [0.3, 0.4) is 0 Å². The topological polar surface area (TPSA) is 94.0 Å². The average Bonchev–Trinajstić information content (AvgIpc) is 2.73. The first-order valence-electron chi connectivity index (χ1n) is 4.57. The summed E-state index contributed by atoms with van der Waals surface area (Å²) in [5, 5.41) is 9.96. The normalized spacial score (nSPS) is 11.8. The summed E-state index contributed by atoms with van der Waals surface area (Å²) >= 11 is 1.16. The molecule has 1 rings (SSSR count). The molecular formula is C9H12N4O2S. The lowest BCUT2D eigenvalue weighted by atomic mass is 10.4. The number of rotatable bonds is 5. The summed E-state index contributed by atoms with van der Waals surface area (Å²) in [6.45, 7) is 2.12. The van der Waals surface area contributed by atoms with E-state index in [1.54, 1.807) is 6.92 Å². The number of nitrogens with one attached hydrogen (secondary N) is 1. The second-order valence-electron chi connectivity index (χ2n) is 2.85. The maximum absolute atomic E-state index is 11.4. The van der Waals surface area contributed by atoms with Crippen LogP contribution in [-0.4, -0.2) is 27.9 Å². The molecule has 1 aromatic rings. The molecule has 0 saturated carbocycles. The average molecular weight is 240 g/mol. The molecule has 1 aromatic heterocycles. The summed E-state index contributed by atoms with van der Waals surface area (Å²) in [5.41, 5.74) is 5.31. The zero-order valence-electron chi connectivity index (χ0n) is 8.77. The van der Waals surface area contributed by atoms with Gasteiger partial charge in [0, 0.05) is 0 Å². The number of nitrogens with zero attached hydrogens (tertiary/aromatic N) is 2. The van der Waals surface area contributed by atoms with Gasteiger partial charge in [-0.3, -0.25) is 4.79 Å². The molecule has 0 aliphatic rings. The van der Waals surface area contributed by atoms with Crippen LogP contribution in [0, 0.1) is 12.3 Å². The highest BCUT2D eigenvalue weighted by molar-refractivity contribution is 8.00. The van der Waals surface area contributed by atoms with E-state index >= 15 is 0 Å². The quantitative estimate of drug-likeness (QED) is 0.545. The van der Waals surface area contributed by atoms with Crippen LogP contribution in [0.2, 0.25) is 0 Å². The van der Waals surface area contributed by atoms with E-state index in [2.05, 4.69) is 21.4 Å². The van der Waals surface area contributed by atoms with Gasteiger partial charge in [-0.2, -0.15) is 0 Å². The third-order valence-corrected chi connectivity index (χ3v) is 2.57. The summed E-state index contributed by atoms with van der Waals surface area (Å²) < 4.78 is 5.15. The number of hydrogen-bond acceptors (Lipinski definition) is 6. The molecule has 1 unspecified atom stereocenters. The Morgan fingerprint density at radius 3 is 3.06 bits per heavy atom. The molecule has 0 aliphatic carbocycles. The Morgan fingerprint density at radius 2 is 2.50 bits per heavy atom. The van der Waals surface area contributed by atoms with Crippen molar-refractivity contribution < 1.29 is 9.21 Å². The molecule has 1 amide bonds. The maximum atomic E-state index is 11.4. The number of aromatic nitrogens is 2. The van der Waals surface area contributed by atoms with Crippen LogP contribution in [0.4, 0.5) is 0 Å². The van der Waals surface area contributed by atoms with Crippen LogP contribution in [0.5, 0.6) is 0 Å². The molecule has 0 bridgehead atoms. The van der Waals surface area contributed by atoms with Crippen LogP contribution in [0.15, 0.2) is 9.64 Å². The minimum Gasteiger partial charge on any atom is -0.415 e. The van der Waals surface area contributed by atoms with Gasteiger partial charge in [-0.15, -0.1) is 16.6 Å². The third-order valence-electron chi connectivity index (χ3n) is 1.63. The van der Waals surface area contributed by atoms with Gasteiger partial charge in [-0.25, -0.2) is 0 Å². The van der Waals surface area contributed by atoms with E-state index < -0.39 is 0 Å². The van der Waals surface area contributed by atoms with Gasteiger partial charge in [0.15, 0.2) is 0 Å². The molecule has 7 heteroatoms. The first-order valence-corrected chi connectivity index (χ1v) is 5.45. The molecule has 0 spiro atoms. The van der Waals surface area contributed by atoms with E-state index in [9.17, 15) is 4.79 Å². The molecule has 1 heterocycles. The van der Waals surface area contributed by atoms with Gasteiger partial charge in [0.05, 0.1) is 18.3 Å². The van der Waals surface area contributed by atoms with Crippen molar-refractivity contribution in [2.45, 2.75) is 23.9 Å². The van der Waals surface area contributed by atoms with Crippen LogP contribution >= 0.6 is 11.8 Å². The Hall–Kier alpha value is -1.52. The number of hydrogen-bond donors (Lipinski definition) is 2. The minimum atomic E-state index is -0.348. The van der Waals surface area contributed by atoms with Gasteiger partial charge in [0.25, 0.3) is 5.22 Å². The summed E-state index contributed by atoms with van der Waals surface area (Å²) in [7, 11) is 0. The van der Waals surface area contributed by atoms with Crippen molar-refractivity contribution in [3.63, 3.8) is 0 Å². The van der Waals surface area contributed by atoms with Crippen molar-refractivity contribution in [2.24, 2.45) is 5.73 Å². The molecule has 16 heavy (non-hydrogen) atoms. The Labute approximate surface area is 97.4 Å². The number of carbonyl (C=O) groups is 1. The van der Waals surface area contributed by atoms with Gasteiger partial charge >= 0.3 is 0 Å². The number of thioether (sulfide) groups is 1. The van der Waals surface area contributed by atoms with Gasteiger partial charge in [0.2, 0.25) is 11.8 Å². The minimum absolute atomic E-state index is 0.171. The van der Waals surface area contributed by atoms with Crippen molar-refractivity contribution in [3.05, 3.63) is 5.89 Å². The van der Waals surface area contributed by atoms with E-state index in [-0.39, 0.29) is 24.2 Å². The van der Waals surface area contributed by atoms with Crippen LogP contribution in [-0.2, 0) is 11.3 Å². The monoisotopic (exact) mass is 240 g/mol. The molecule has 0 aliphatic heterocycles. The first-order chi connectivity index (χ1) is 7.67. The SMILES string of the molecule is C#CCNC(=O)C(C)Sc1nnc(CN)o1. The van der Waals surface area contributed by atoms with E-state index in [1.807, 2.05) is 0 Å². The van der Waals surface area contributed by atoms with E-state index in [0.29, 0.717) is 11.1 Å². The predicted octanol–water partition coefficient (Wildman–Crippen LogP) is -0.242. The summed E-state index contributed by atoms with van der Waals surface area (Å²) in [5.74, 6) is 2.50. The summed E-state index contributed by atoms with van der Waals surface area (Å²) in [6, 6.07) is 0. The molecule has 0 fully saturated rings. The second kappa shape index (κ2) is 6.15. The molecule has 6 nitrogen and oxygen atoms in total. The number of carbonyl (C=O) groups excluding carboxylic acids is 1. The van der Waals surface area contributed by atoms with Crippen molar-refractivity contribution in [2.75, 3.05) is 6.54 Å². The van der Waals surface area contributed by atoms with Crippen molar-refractivity contribution >= 4 is 17.7 Å². The van der Waals surface area contributed by atoms with Crippen molar-refractivity contribution in [1.82, 2.24) is 15.5 Å².